The summed E-state index contributed by atoms with van der Waals surface area (Å²) in [7, 11) is 5.71. The standard InChI is InChI=1S/C11H21N5OS/c1-15-4-5-18-7-8(15)10(14-12)11-9(17-3)6-13-16(11)2/h6,8,10,14H,4-5,7,12H2,1-3H3. The number of aromatic nitrogens is 2. The van der Waals surface area contributed by atoms with Crippen LogP contribution in [0.15, 0.2) is 6.20 Å². The largest absolute Gasteiger partial charge is 0.493 e. The smallest absolute Gasteiger partial charge is 0.161 e. The Morgan fingerprint density at radius 1 is 1.61 bits per heavy atom. The molecule has 2 atom stereocenters. The second kappa shape index (κ2) is 5.92. The van der Waals surface area contributed by atoms with Crippen molar-refractivity contribution < 1.29 is 4.74 Å². The van der Waals surface area contributed by atoms with Crippen LogP contribution in [0.3, 0.4) is 0 Å². The highest BCUT2D eigenvalue weighted by atomic mass is 32.2. The molecule has 1 aromatic heterocycles. The third kappa shape index (κ3) is 2.49. The average Bonchev–Trinajstić information content (AvgIpc) is 2.74. The summed E-state index contributed by atoms with van der Waals surface area (Å²) >= 11 is 1.96. The molecule has 0 bridgehead atoms. The number of likely N-dealkylation sites (N-methyl/N-ethyl adjacent to an activating group) is 1. The van der Waals surface area contributed by atoms with Crippen LogP contribution in [0.2, 0.25) is 0 Å². The normalized spacial score (nSPS) is 23.0. The van der Waals surface area contributed by atoms with E-state index in [1.165, 1.54) is 5.75 Å². The molecular weight excluding hydrogens is 250 g/mol. The minimum atomic E-state index is 0.0187. The molecule has 2 rings (SSSR count). The molecule has 0 aliphatic carbocycles. The van der Waals surface area contributed by atoms with E-state index in [0.29, 0.717) is 6.04 Å². The topological polar surface area (TPSA) is 68.3 Å². The van der Waals surface area contributed by atoms with E-state index in [1.54, 1.807) is 13.3 Å². The molecule has 0 amide bonds. The van der Waals surface area contributed by atoms with Crippen LogP contribution >= 0.6 is 11.8 Å². The van der Waals surface area contributed by atoms with E-state index in [1.807, 2.05) is 23.5 Å². The SMILES string of the molecule is COc1cnn(C)c1C(NN)C1CSCCN1C. The van der Waals surface area contributed by atoms with Crippen molar-refractivity contribution in [2.45, 2.75) is 12.1 Å². The predicted molar refractivity (Wildman–Crippen MR) is 73.6 cm³/mol. The number of nitrogens with two attached hydrogens (primary N) is 1. The summed E-state index contributed by atoms with van der Waals surface area (Å²) in [4.78, 5) is 2.34. The van der Waals surface area contributed by atoms with E-state index in [0.717, 1.165) is 23.7 Å². The summed E-state index contributed by atoms with van der Waals surface area (Å²) in [6.07, 6.45) is 1.73. The van der Waals surface area contributed by atoms with Gasteiger partial charge in [-0.25, -0.2) is 5.43 Å². The maximum absolute atomic E-state index is 5.77. The van der Waals surface area contributed by atoms with Gasteiger partial charge < -0.3 is 4.74 Å². The van der Waals surface area contributed by atoms with Gasteiger partial charge in [-0.1, -0.05) is 0 Å². The summed E-state index contributed by atoms with van der Waals surface area (Å²) in [6.45, 7) is 1.08. The molecular formula is C11H21N5OS. The van der Waals surface area contributed by atoms with Gasteiger partial charge in [0.25, 0.3) is 0 Å². The van der Waals surface area contributed by atoms with E-state index in [4.69, 9.17) is 10.6 Å². The van der Waals surface area contributed by atoms with Crippen LogP contribution in [0.5, 0.6) is 5.75 Å². The van der Waals surface area contributed by atoms with Crippen LogP contribution in [-0.4, -0.2) is 52.9 Å². The first-order chi connectivity index (χ1) is 8.69. The molecule has 1 fully saturated rings. The quantitative estimate of drug-likeness (QED) is 0.592. The zero-order valence-corrected chi connectivity index (χ0v) is 11.9. The maximum atomic E-state index is 5.77. The Morgan fingerprint density at radius 2 is 2.39 bits per heavy atom. The molecule has 6 nitrogen and oxygen atoms in total. The second-order valence-corrected chi connectivity index (χ2v) is 5.64. The molecule has 7 heteroatoms. The Balaban J connectivity index is 2.29. The summed E-state index contributed by atoms with van der Waals surface area (Å²) in [5.41, 5.74) is 3.92. The first kappa shape index (κ1) is 13.7. The number of ether oxygens (including phenoxy) is 1. The van der Waals surface area contributed by atoms with Crippen LogP contribution in [0.4, 0.5) is 0 Å². The maximum Gasteiger partial charge on any atom is 0.161 e. The third-order valence-corrected chi connectivity index (χ3v) is 4.52. The Labute approximate surface area is 112 Å². The lowest BCUT2D eigenvalue weighted by atomic mass is 10.0. The molecule has 0 radical (unpaired) electrons. The first-order valence-electron chi connectivity index (χ1n) is 5.99. The van der Waals surface area contributed by atoms with Gasteiger partial charge >= 0.3 is 0 Å². The van der Waals surface area contributed by atoms with Crippen LogP contribution in [0.25, 0.3) is 0 Å². The van der Waals surface area contributed by atoms with Gasteiger partial charge in [0.2, 0.25) is 0 Å². The highest BCUT2D eigenvalue weighted by molar-refractivity contribution is 7.99. The number of aryl methyl sites for hydroxylation is 1. The molecule has 102 valence electrons. The average molecular weight is 271 g/mol. The monoisotopic (exact) mass is 271 g/mol. The van der Waals surface area contributed by atoms with Gasteiger partial charge in [0.1, 0.15) is 0 Å². The van der Waals surface area contributed by atoms with Crippen molar-refractivity contribution in [2.75, 3.05) is 32.2 Å². The number of rotatable bonds is 4. The summed E-state index contributed by atoms with van der Waals surface area (Å²) < 4.78 is 7.20. The summed E-state index contributed by atoms with van der Waals surface area (Å²) in [5, 5.41) is 4.25. The van der Waals surface area contributed by atoms with E-state index in [-0.39, 0.29) is 6.04 Å². The lowest BCUT2D eigenvalue weighted by Gasteiger charge is -2.37. The fraction of sp³-hybridized carbons (Fsp3) is 0.727. The van der Waals surface area contributed by atoms with Crippen molar-refractivity contribution in [1.29, 1.82) is 0 Å². The molecule has 18 heavy (non-hydrogen) atoms. The third-order valence-electron chi connectivity index (χ3n) is 3.47. The zero-order chi connectivity index (χ0) is 13.1. The molecule has 0 saturated carbocycles. The minimum Gasteiger partial charge on any atom is -0.493 e. The van der Waals surface area contributed by atoms with Gasteiger partial charge in [-0.3, -0.25) is 15.4 Å². The van der Waals surface area contributed by atoms with Gasteiger partial charge in [0.05, 0.1) is 25.0 Å². The van der Waals surface area contributed by atoms with Gasteiger partial charge in [0, 0.05) is 31.1 Å². The van der Waals surface area contributed by atoms with Crippen LogP contribution in [0, 0.1) is 0 Å². The predicted octanol–water partition coefficient (Wildman–Crippen LogP) is -0.0197. The lowest BCUT2D eigenvalue weighted by Crippen LogP contribution is -2.50. The first-order valence-corrected chi connectivity index (χ1v) is 7.14. The van der Waals surface area contributed by atoms with Gasteiger partial charge in [-0.05, 0) is 7.05 Å². The van der Waals surface area contributed by atoms with Crippen molar-refractivity contribution in [1.82, 2.24) is 20.1 Å². The van der Waals surface area contributed by atoms with Gasteiger partial charge in [-0.2, -0.15) is 16.9 Å². The fourth-order valence-corrected chi connectivity index (χ4v) is 3.64. The van der Waals surface area contributed by atoms with Crippen molar-refractivity contribution in [2.24, 2.45) is 12.9 Å². The number of hydrogen-bond acceptors (Lipinski definition) is 6. The Kier molecular flexibility index (Phi) is 4.50. The number of methoxy groups -OCH3 is 1. The molecule has 2 heterocycles. The van der Waals surface area contributed by atoms with Crippen LogP contribution < -0.4 is 16.0 Å². The molecule has 1 aliphatic heterocycles. The van der Waals surface area contributed by atoms with Crippen LogP contribution in [-0.2, 0) is 7.05 Å². The molecule has 0 spiro atoms. The Bertz CT molecular complexity index is 397. The molecule has 1 aliphatic rings. The van der Waals surface area contributed by atoms with Crippen molar-refractivity contribution in [3.63, 3.8) is 0 Å². The second-order valence-electron chi connectivity index (χ2n) is 4.49. The minimum absolute atomic E-state index is 0.0187. The molecule has 2 unspecified atom stereocenters. The number of nitrogens with one attached hydrogen (secondary N) is 1. The van der Waals surface area contributed by atoms with Gasteiger partial charge in [-0.15, -0.1) is 0 Å². The summed E-state index contributed by atoms with van der Waals surface area (Å²) in [6, 6.07) is 0.364. The fourth-order valence-electron chi connectivity index (χ4n) is 2.37. The van der Waals surface area contributed by atoms with E-state index in [9.17, 15) is 0 Å². The molecule has 0 aromatic carbocycles. The van der Waals surface area contributed by atoms with E-state index >= 15 is 0 Å². The molecule has 1 aromatic rings. The molecule has 3 N–H and O–H groups in total. The van der Waals surface area contributed by atoms with Crippen molar-refractivity contribution in [3.05, 3.63) is 11.9 Å². The highest BCUT2D eigenvalue weighted by Gasteiger charge is 2.32. The summed E-state index contributed by atoms with van der Waals surface area (Å²) in [5.74, 6) is 8.78. The Hall–Kier alpha value is -0.760. The van der Waals surface area contributed by atoms with Gasteiger partial charge in [0.15, 0.2) is 5.75 Å². The lowest BCUT2D eigenvalue weighted by molar-refractivity contribution is 0.208. The molecule has 1 saturated heterocycles. The van der Waals surface area contributed by atoms with Crippen molar-refractivity contribution in [3.8, 4) is 5.75 Å². The number of nitrogens with zero attached hydrogens (tertiary/aromatic N) is 3. The highest BCUT2D eigenvalue weighted by Crippen LogP contribution is 2.31. The number of thioether (sulfide) groups is 1. The zero-order valence-electron chi connectivity index (χ0n) is 11.1. The van der Waals surface area contributed by atoms with Crippen LogP contribution in [0.1, 0.15) is 11.7 Å². The Morgan fingerprint density at radius 3 is 3.00 bits per heavy atom. The number of hydrazine groups is 1. The van der Waals surface area contributed by atoms with Crippen molar-refractivity contribution >= 4 is 11.8 Å². The number of hydrogen-bond donors (Lipinski definition) is 2. The van der Waals surface area contributed by atoms with E-state index in [2.05, 4.69) is 22.5 Å². The van der Waals surface area contributed by atoms with E-state index < -0.39 is 0 Å².